The van der Waals surface area contributed by atoms with Crippen LogP contribution >= 0.6 is 22.7 Å². The zero-order valence-electron chi connectivity index (χ0n) is 22.6. The minimum absolute atomic E-state index is 0.164. The van der Waals surface area contributed by atoms with Crippen molar-refractivity contribution in [1.82, 2.24) is 4.57 Å². The lowest BCUT2D eigenvalue weighted by molar-refractivity contribution is -0.138. The third kappa shape index (κ3) is 5.02. The van der Waals surface area contributed by atoms with Crippen LogP contribution in [0.1, 0.15) is 59.9 Å². The van der Waals surface area contributed by atoms with E-state index in [4.69, 9.17) is 14.5 Å². The molecular weight excluding hydrogens is 528 g/mol. The number of benzene rings is 2. The average molecular weight is 559 g/mol. The highest BCUT2D eigenvalue weighted by Crippen LogP contribution is 2.39. The van der Waals surface area contributed by atoms with Gasteiger partial charge in [0.15, 0.2) is 4.80 Å². The number of carbonyl (C=O) groups excluding carboxylic acids is 1. The lowest BCUT2D eigenvalue weighted by Crippen LogP contribution is -2.40. The molecule has 200 valence electrons. The quantitative estimate of drug-likeness (QED) is 0.284. The molecule has 5 rings (SSSR count). The molecule has 1 unspecified atom stereocenters. The zero-order valence-corrected chi connectivity index (χ0v) is 24.2. The van der Waals surface area contributed by atoms with Gasteiger partial charge in [-0.05, 0) is 66.1 Å². The molecule has 0 aliphatic carbocycles. The molecule has 1 aliphatic rings. The first-order valence-electron chi connectivity index (χ1n) is 12.8. The number of esters is 1. The minimum Gasteiger partial charge on any atom is -0.496 e. The maximum atomic E-state index is 14.0. The lowest BCUT2D eigenvalue weighted by Gasteiger charge is -2.28. The Kier molecular flexibility index (Phi) is 7.68. The van der Waals surface area contributed by atoms with Crippen molar-refractivity contribution in [3.63, 3.8) is 0 Å². The number of thiazole rings is 1. The highest BCUT2D eigenvalue weighted by Gasteiger charge is 2.36. The fourth-order valence-corrected chi connectivity index (χ4v) is 6.60. The second kappa shape index (κ2) is 11.2. The van der Waals surface area contributed by atoms with E-state index in [1.807, 2.05) is 66.9 Å². The standard InChI is InChI=1S/C31H30N2O4S2/c1-6-37-30(35)26-27(20-11-8-7-9-12-20)32-31-33(29(34)25(39-31)16-21-13-10-14-38-21)28(26)23-17-22(18(2)3)24(36-5)15-19(23)4/h7-18,28H,6H2,1-5H3. The normalized spacial score (nSPS) is 15.3. The van der Waals surface area contributed by atoms with E-state index >= 15 is 0 Å². The van der Waals surface area contributed by atoms with Gasteiger partial charge >= 0.3 is 5.97 Å². The van der Waals surface area contributed by atoms with Gasteiger partial charge in [0.2, 0.25) is 0 Å². The average Bonchev–Trinajstić information content (AvgIpc) is 3.55. The second-order valence-electron chi connectivity index (χ2n) is 9.55. The molecule has 0 N–H and O–H groups in total. The van der Waals surface area contributed by atoms with Crippen molar-refractivity contribution >= 4 is 40.4 Å². The fraction of sp³-hybridized carbons (Fsp3) is 0.258. The summed E-state index contributed by atoms with van der Waals surface area (Å²) in [6.07, 6.45) is 1.89. The monoisotopic (exact) mass is 558 g/mol. The molecule has 6 nitrogen and oxygen atoms in total. The Morgan fingerprint density at radius 2 is 1.92 bits per heavy atom. The summed E-state index contributed by atoms with van der Waals surface area (Å²) in [6.45, 7) is 8.16. The largest absolute Gasteiger partial charge is 0.496 e. The summed E-state index contributed by atoms with van der Waals surface area (Å²) in [4.78, 5) is 34.2. The van der Waals surface area contributed by atoms with E-state index in [0.29, 0.717) is 20.6 Å². The second-order valence-corrected chi connectivity index (χ2v) is 11.5. The van der Waals surface area contributed by atoms with E-state index in [0.717, 1.165) is 32.9 Å². The van der Waals surface area contributed by atoms with E-state index < -0.39 is 12.0 Å². The van der Waals surface area contributed by atoms with Crippen molar-refractivity contribution in [2.24, 2.45) is 4.99 Å². The number of nitrogens with zero attached hydrogens (tertiary/aromatic N) is 2. The molecule has 4 aromatic rings. The number of rotatable bonds is 7. The Morgan fingerprint density at radius 3 is 2.56 bits per heavy atom. The van der Waals surface area contributed by atoms with Gasteiger partial charge in [-0.3, -0.25) is 9.36 Å². The first kappa shape index (κ1) is 26.8. The molecule has 39 heavy (non-hydrogen) atoms. The molecule has 0 saturated carbocycles. The van der Waals surface area contributed by atoms with Crippen LogP contribution in [-0.4, -0.2) is 24.3 Å². The molecule has 8 heteroatoms. The molecule has 1 aliphatic heterocycles. The molecule has 2 aromatic carbocycles. The highest BCUT2D eigenvalue weighted by molar-refractivity contribution is 7.11. The summed E-state index contributed by atoms with van der Waals surface area (Å²) in [5.41, 5.74) is 4.22. The predicted molar refractivity (Wildman–Crippen MR) is 157 cm³/mol. The van der Waals surface area contributed by atoms with Crippen molar-refractivity contribution < 1.29 is 14.3 Å². The van der Waals surface area contributed by atoms with Crippen LogP contribution in [0.15, 0.2) is 75.3 Å². The van der Waals surface area contributed by atoms with E-state index in [-0.39, 0.29) is 18.1 Å². The number of ether oxygens (including phenoxy) is 2. The molecule has 0 radical (unpaired) electrons. The summed E-state index contributed by atoms with van der Waals surface area (Å²) in [5, 5.41) is 1.98. The van der Waals surface area contributed by atoms with Crippen LogP contribution in [0.5, 0.6) is 5.75 Å². The number of thiophene rings is 1. The van der Waals surface area contributed by atoms with Crippen LogP contribution in [0.2, 0.25) is 0 Å². The number of hydrogen-bond donors (Lipinski definition) is 0. The smallest absolute Gasteiger partial charge is 0.338 e. The molecule has 0 fully saturated rings. The van der Waals surface area contributed by atoms with Crippen LogP contribution in [0, 0.1) is 6.92 Å². The molecule has 3 heterocycles. The number of carbonyl (C=O) groups is 1. The van der Waals surface area contributed by atoms with E-state index in [2.05, 4.69) is 19.9 Å². The molecule has 0 saturated heterocycles. The van der Waals surface area contributed by atoms with Gasteiger partial charge in [0.25, 0.3) is 5.56 Å². The van der Waals surface area contributed by atoms with Gasteiger partial charge in [-0.1, -0.05) is 61.6 Å². The molecule has 0 amide bonds. The Bertz CT molecular complexity index is 1730. The van der Waals surface area contributed by atoms with Crippen molar-refractivity contribution in [2.45, 2.75) is 39.7 Å². The van der Waals surface area contributed by atoms with Crippen molar-refractivity contribution in [1.29, 1.82) is 0 Å². The van der Waals surface area contributed by atoms with E-state index in [9.17, 15) is 9.59 Å². The summed E-state index contributed by atoms with van der Waals surface area (Å²) in [7, 11) is 1.66. The van der Waals surface area contributed by atoms with Crippen molar-refractivity contribution in [3.05, 3.63) is 112 Å². The van der Waals surface area contributed by atoms with Gasteiger partial charge in [0.05, 0.1) is 35.6 Å². The van der Waals surface area contributed by atoms with Gasteiger partial charge in [0.1, 0.15) is 5.75 Å². The number of hydrogen-bond acceptors (Lipinski definition) is 7. The number of aryl methyl sites for hydroxylation is 1. The Morgan fingerprint density at radius 1 is 1.15 bits per heavy atom. The number of methoxy groups -OCH3 is 1. The van der Waals surface area contributed by atoms with Gasteiger partial charge in [-0.25, -0.2) is 9.79 Å². The summed E-state index contributed by atoms with van der Waals surface area (Å²) in [5.74, 6) is 0.456. The van der Waals surface area contributed by atoms with Gasteiger partial charge < -0.3 is 9.47 Å². The van der Waals surface area contributed by atoms with Crippen LogP contribution in [-0.2, 0) is 9.53 Å². The minimum atomic E-state index is -0.718. The zero-order chi connectivity index (χ0) is 27.7. The van der Waals surface area contributed by atoms with Gasteiger partial charge in [-0.15, -0.1) is 11.3 Å². The van der Waals surface area contributed by atoms with Crippen molar-refractivity contribution in [3.8, 4) is 5.75 Å². The fourth-order valence-electron chi connectivity index (χ4n) is 4.88. The van der Waals surface area contributed by atoms with Gasteiger partial charge in [0, 0.05) is 10.4 Å². The van der Waals surface area contributed by atoms with E-state index in [1.165, 1.54) is 11.3 Å². The summed E-state index contributed by atoms with van der Waals surface area (Å²) >= 11 is 2.90. The third-order valence-corrected chi connectivity index (χ3v) is 8.53. The molecule has 1 atom stereocenters. The third-order valence-electron chi connectivity index (χ3n) is 6.73. The van der Waals surface area contributed by atoms with Crippen LogP contribution < -0.4 is 19.6 Å². The Hall–Kier alpha value is -3.75. The SMILES string of the molecule is CCOC(=O)C1=C(c2ccccc2)N=c2sc(=Cc3cccs3)c(=O)n2C1c1cc(C(C)C)c(OC)cc1C. The molecule has 0 bridgehead atoms. The maximum Gasteiger partial charge on any atom is 0.338 e. The maximum absolute atomic E-state index is 14.0. The molecular formula is C31H30N2O4S2. The topological polar surface area (TPSA) is 69.9 Å². The molecule has 0 spiro atoms. The van der Waals surface area contributed by atoms with Crippen LogP contribution in [0.3, 0.4) is 0 Å². The van der Waals surface area contributed by atoms with Crippen molar-refractivity contribution in [2.75, 3.05) is 13.7 Å². The Balaban J connectivity index is 1.89. The van der Waals surface area contributed by atoms with Gasteiger partial charge in [-0.2, -0.15) is 0 Å². The summed E-state index contributed by atoms with van der Waals surface area (Å²) in [6, 6.07) is 16.9. The lowest BCUT2D eigenvalue weighted by atomic mass is 9.87. The van der Waals surface area contributed by atoms with Crippen LogP contribution in [0.4, 0.5) is 0 Å². The Labute approximate surface area is 235 Å². The number of aromatic nitrogens is 1. The first-order valence-corrected chi connectivity index (χ1v) is 14.5. The highest BCUT2D eigenvalue weighted by atomic mass is 32.1. The molecule has 2 aromatic heterocycles. The summed E-state index contributed by atoms with van der Waals surface area (Å²) < 4.78 is 13.5. The van der Waals surface area contributed by atoms with Crippen LogP contribution in [0.25, 0.3) is 11.8 Å². The predicted octanol–water partition coefficient (Wildman–Crippen LogP) is 5.44. The first-order chi connectivity index (χ1) is 18.8. The van der Waals surface area contributed by atoms with E-state index in [1.54, 1.807) is 29.9 Å². The number of fused-ring (bicyclic) bond motifs is 1.